The van der Waals surface area contributed by atoms with Crippen LogP contribution in [0.4, 0.5) is 0 Å². The number of pyridine rings is 1. The van der Waals surface area contributed by atoms with Gasteiger partial charge in [-0.1, -0.05) is 123 Å². The third kappa shape index (κ3) is 7.16. The summed E-state index contributed by atoms with van der Waals surface area (Å²) in [4.78, 5) is 9.82. The van der Waals surface area contributed by atoms with Crippen molar-refractivity contribution in [3.8, 4) is 45.5 Å². The topological polar surface area (TPSA) is 44.9 Å². The number of aromatic nitrogens is 4. The first-order valence-corrected chi connectivity index (χ1v) is 20.1. The molecule has 57 heavy (non-hydrogen) atoms. The smallest absolute Gasteiger partial charge is 0.144 e. The summed E-state index contributed by atoms with van der Waals surface area (Å²) in [6.45, 7) is 24.9. The Kier molecular flexibility index (Phi) is 9.27. The summed E-state index contributed by atoms with van der Waals surface area (Å²) in [5.74, 6) is 3.24. The predicted molar refractivity (Wildman–Crippen MR) is 239 cm³/mol. The summed E-state index contributed by atoms with van der Waals surface area (Å²) in [5, 5.41) is 2.32. The fourth-order valence-corrected chi connectivity index (χ4v) is 8.15. The molecule has 0 aliphatic carbocycles. The molecular weight excluding hydrogens is 697 g/mol. The zero-order valence-corrected chi connectivity index (χ0v) is 35.3. The Morgan fingerprint density at radius 1 is 0.526 bits per heavy atom. The number of rotatable bonds is 6. The van der Waals surface area contributed by atoms with Crippen LogP contribution in [0.2, 0.25) is 0 Å². The molecule has 3 heterocycles. The number of imidazole rings is 1. The SMILES string of the molecule is Cc1cc(C(C)(C)C)cc(C)c1-n1ccnc1-c1cccc(Oc2ccc3c4ccccc4n(-c4cc(-c5ccc(C(C)(C)C)cc5C(C)(C)C)ccn4)c3c2)c1. The molecule has 0 unspecified atom stereocenters. The van der Waals surface area contributed by atoms with Gasteiger partial charge in [0.1, 0.15) is 23.1 Å². The lowest BCUT2D eigenvalue weighted by Crippen LogP contribution is -2.17. The largest absolute Gasteiger partial charge is 0.457 e. The van der Waals surface area contributed by atoms with Crippen molar-refractivity contribution >= 4 is 21.8 Å². The Hall–Kier alpha value is -5.94. The van der Waals surface area contributed by atoms with Crippen LogP contribution in [0, 0.1) is 13.8 Å². The molecule has 0 bridgehead atoms. The van der Waals surface area contributed by atoms with Crippen LogP contribution in [0.15, 0.2) is 128 Å². The van der Waals surface area contributed by atoms with Gasteiger partial charge in [0.2, 0.25) is 0 Å². The molecular formula is C52H54N4O. The van der Waals surface area contributed by atoms with Gasteiger partial charge < -0.3 is 4.74 Å². The molecule has 0 amide bonds. The van der Waals surface area contributed by atoms with Crippen molar-refractivity contribution in [2.45, 2.75) is 92.4 Å². The van der Waals surface area contributed by atoms with Crippen LogP contribution < -0.4 is 4.74 Å². The van der Waals surface area contributed by atoms with E-state index in [4.69, 9.17) is 14.7 Å². The number of aryl methyl sites for hydroxylation is 2. The third-order valence-corrected chi connectivity index (χ3v) is 11.2. The molecule has 8 rings (SSSR count). The molecule has 3 aromatic heterocycles. The van der Waals surface area contributed by atoms with Crippen LogP contribution in [0.5, 0.6) is 11.5 Å². The van der Waals surface area contributed by atoms with Gasteiger partial charge >= 0.3 is 0 Å². The lowest BCUT2D eigenvalue weighted by Gasteiger charge is -2.27. The maximum atomic E-state index is 6.67. The number of benzene rings is 5. The van der Waals surface area contributed by atoms with Gasteiger partial charge in [0, 0.05) is 41.0 Å². The van der Waals surface area contributed by atoms with Crippen molar-refractivity contribution in [2.24, 2.45) is 0 Å². The lowest BCUT2D eigenvalue weighted by molar-refractivity contribution is 0.483. The van der Waals surface area contributed by atoms with E-state index in [1.54, 1.807) is 0 Å². The molecule has 8 aromatic rings. The summed E-state index contributed by atoms with van der Waals surface area (Å²) in [7, 11) is 0. The zero-order chi connectivity index (χ0) is 40.4. The minimum Gasteiger partial charge on any atom is -0.457 e. The monoisotopic (exact) mass is 750 g/mol. The number of hydrogen-bond donors (Lipinski definition) is 0. The molecule has 5 aromatic carbocycles. The molecule has 0 aliphatic heterocycles. The highest BCUT2D eigenvalue weighted by atomic mass is 16.5. The molecule has 0 aliphatic rings. The van der Waals surface area contributed by atoms with Crippen LogP contribution in [0.3, 0.4) is 0 Å². The van der Waals surface area contributed by atoms with Crippen LogP contribution in [0.1, 0.15) is 90.1 Å². The number of ether oxygens (including phenoxy) is 1. The first-order chi connectivity index (χ1) is 27.0. The van der Waals surface area contributed by atoms with Gasteiger partial charge in [0.15, 0.2) is 0 Å². The highest BCUT2D eigenvalue weighted by Crippen LogP contribution is 2.40. The van der Waals surface area contributed by atoms with E-state index in [0.717, 1.165) is 56.4 Å². The first kappa shape index (κ1) is 38.0. The predicted octanol–water partition coefficient (Wildman–Crippen LogP) is 14.0. The molecule has 0 fully saturated rings. The van der Waals surface area contributed by atoms with Crippen molar-refractivity contribution in [3.05, 3.63) is 156 Å². The fourth-order valence-electron chi connectivity index (χ4n) is 8.15. The minimum absolute atomic E-state index is 0.0365. The van der Waals surface area contributed by atoms with E-state index in [-0.39, 0.29) is 16.2 Å². The maximum absolute atomic E-state index is 6.67. The summed E-state index contributed by atoms with van der Waals surface area (Å²) >= 11 is 0. The summed E-state index contributed by atoms with van der Waals surface area (Å²) < 4.78 is 11.1. The van der Waals surface area contributed by atoms with E-state index in [1.165, 1.54) is 38.8 Å². The second-order valence-electron chi connectivity index (χ2n) is 18.7. The minimum atomic E-state index is -0.0365. The molecule has 0 atom stereocenters. The van der Waals surface area contributed by atoms with E-state index in [2.05, 4.69) is 189 Å². The summed E-state index contributed by atoms with van der Waals surface area (Å²) in [6.07, 6.45) is 5.86. The van der Waals surface area contributed by atoms with Gasteiger partial charge in [-0.15, -0.1) is 0 Å². The van der Waals surface area contributed by atoms with Crippen molar-refractivity contribution in [1.29, 1.82) is 0 Å². The van der Waals surface area contributed by atoms with Gasteiger partial charge in [0.05, 0.1) is 16.7 Å². The summed E-state index contributed by atoms with van der Waals surface area (Å²) in [6, 6.07) is 39.1. The highest BCUT2D eigenvalue weighted by molar-refractivity contribution is 6.09. The number of nitrogens with zero attached hydrogens (tertiary/aromatic N) is 4. The normalized spacial score (nSPS) is 12.5. The Bertz CT molecular complexity index is 2770. The quantitative estimate of drug-likeness (QED) is 0.170. The van der Waals surface area contributed by atoms with Gasteiger partial charge in [-0.3, -0.25) is 9.13 Å². The van der Waals surface area contributed by atoms with Crippen molar-refractivity contribution < 1.29 is 4.74 Å². The van der Waals surface area contributed by atoms with Crippen LogP contribution in [-0.4, -0.2) is 19.1 Å². The van der Waals surface area contributed by atoms with Crippen LogP contribution in [-0.2, 0) is 16.2 Å². The van der Waals surface area contributed by atoms with E-state index < -0.39 is 0 Å². The average Bonchev–Trinajstić information content (AvgIpc) is 3.76. The van der Waals surface area contributed by atoms with Gasteiger partial charge in [-0.05, 0) is 112 Å². The lowest BCUT2D eigenvalue weighted by atomic mass is 9.77. The molecule has 0 spiro atoms. The second kappa shape index (κ2) is 13.9. The summed E-state index contributed by atoms with van der Waals surface area (Å²) in [5.41, 5.74) is 13.2. The number of hydrogen-bond acceptors (Lipinski definition) is 3. The fraction of sp³-hybridized carbons (Fsp3) is 0.269. The molecule has 0 radical (unpaired) electrons. The van der Waals surface area contributed by atoms with Crippen molar-refractivity contribution in [3.63, 3.8) is 0 Å². The van der Waals surface area contributed by atoms with Crippen molar-refractivity contribution in [2.75, 3.05) is 0 Å². The Labute approximate surface area is 338 Å². The van der Waals surface area contributed by atoms with Crippen molar-refractivity contribution in [1.82, 2.24) is 19.1 Å². The average molecular weight is 751 g/mol. The molecule has 5 nitrogen and oxygen atoms in total. The Morgan fingerprint density at radius 3 is 1.95 bits per heavy atom. The van der Waals surface area contributed by atoms with Crippen LogP contribution >= 0.6 is 0 Å². The third-order valence-electron chi connectivity index (χ3n) is 11.2. The van der Waals surface area contributed by atoms with E-state index in [9.17, 15) is 0 Å². The van der Waals surface area contributed by atoms with Gasteiger partial charge in [-0.2, -0.15) is 0 Å². The van der Waals surface area contributed by atoms with Gasteiger partial charge in [0.25, 0.3) is 0 Å². The first-order valence-electron chi connectivity index (χ1n) is 20.1. The highest BCUT2D eigenvalue weighted by Gasteiger charge is 2.24. The molecule has 0 N–H and O–H groups in total. The van der Waals surface area contributed by atoms with E-state index in [0.29, 0.717) is 0 Å². The standard InChI is InChI=1S/C52H54N4O/c1-33-27-38(51(6,7)8)28-34(2)48(33)55-26-25-54-49(55)36-15-14-16-39(29-36)57-40-20-22-43-42-17-12-13-18-45(42)56(46(43)32-40)47-30-35(23-24-53-47)41-21-19-37(50(3,4)5)31-44(41)52(9,10)11/h12-32H,1-11H3. The number of para-hydroxylation sites is 1. The second-order valence-corrected chi connectivity index (χ2v) is 18.7. The number of fused-ring (bicyclic) bond motifs is 3. The molecule has 288 valence electrons. The molecule has 5 heteroatoms. The Balaban J connectivity index is 1.18. The molecule has 0 saturated carbocycles. The zero-order valence-electron chi connectivity index (χ0n) is 35.3. The molecule has 0 saturated heterocycles. The maximum Gasteiger partial charge on any atom is 0.144 e. The van der Waals surface area contributed by atoms with Gasteiger partial charge in [-0.25, -0.2) is 9.97 Å². The van der Waals surface area contributed by atoms with Crippen LogP contribution in [0.25, 0.3) is 55.8 Å². The van der Waals surface area contributed by atoms with E-state index >= 15 is 0 Å². The van der Waals surface area contributed by atoms with E-state index in [1.807, 2.05) is 24.5 Å². The Morgan fingerprint density at radius 2 is 1.23 bits per heavy atom.